The Bertz CT molecular complexity index is 574. The summed E-state index contributed by atoms with van der Waals surface area (Å²) in [6.07, 6.45) is 5.98. The van der Waals surface area contributed by atoms with Gasteiger partial charge in [0.05, 0.1) is 7.11 Å². The summed E-state index contributed by atoms with van der Waals surface area (Å²) in [4.78, 5) is 0. The Kier molecular flexibility index (Phi) is 5.18. The third kappa shape index (κ3) is 3.96. The van der Waals surface area contributed by atoms with Gasteiger partial charge in [0, 0.05) is 5.54 Å². The van der Waals surface area contributed by atoms with E-state index in [9.17, 15) is 0 Å². The second-order valence-electron chi connectivity index (χ2n) is 5.26. The summed E-state index contributed by atoms with van der Waals surface area (Å²) in [5.41, 5.74) is 8.59. The minimum Gasteiger partial charge on any atom is -0.497 e. The predicted octanol–water partition coefficient (Wildman–Crippen LogP) is 4.36. The fraction of sp³-hybridized carbons (Fsp3) is 0.263. The topological polar surface area (TPSA) is 35.2 Å². The Labute approximate surface area is 127 Å². The van der Waals surface area contributed by atoms with Gasteiger partial charge in [-0.05, 0) is 36.1 Å². The summed E-state index contributed by atoms with van der Waals surface area (Å²) < 4.78 is 5.20. The fourth-order valence-corrected chi connectivity index (χ4v) is 2.36. The molecule has 2 aromatic rings. The number of nitrogens with two attached hydrogens (primary N) is 1. The van der Waals surface area contributed by atoms with Crippen molar-refractivity contribution in [2.45, 2.75) is 25.3 Å². The lowest BCUT2D eigenvalue weighted by atomic mass is 9.85. The van der Waals surface area contributed by atoms with Crippen LogP contribution in [0.15, 0.2) is 60.7 Å². The van der Waals surface area contributed by atoms with Crippen LogP contribution < -0.4 is 10.5 Å². The summed E-state index contributed by atoms with van der Waals surface area (Å²) in [5.74, 6) is 0.858. The summed E-state index contributed by atoms with van der Waals surface area (Å²) in [5, 5.41) is 0. The van der Waals surface area contributed by atoms with Crippen LogP contribution in [0.25, 0.3) is 6.08 Å². The Morgan fingerprint density at radius 2 is 1.71 bits per heavy atom. The molecule has 0 fully saturated rings. The molecular formula is C19H23NO. The molecule has 21 heavy (non-hydrogen) atoms. The van der Waals surface area contributed by atoms with Gasteiger partial charge in [-0.1, -0.05) is 61.5 Å². The highest BCUT2D eigenvalue weighted by atomic mass is 16.5. The van der Waals surface area contributed by atoms with Crippen molar-refractivity contribution < 1.29 is 4.74 Å². The Hall–Kier alpha value is -2.06. The van der Waals surface area contributed by atoms with Gasteiger partial charge in [0.2, 0.25) is 0 Å². The van der Waals surface area contributed by atoms with Crippen LogP contribution in [-0.4, -0.2) is 7.11 Å². The average molecular weight is 281 g/mol. The molecule has 2 heteroatoms. The van der Waals surface area contributed by atoms with Gasteiger partial charge in [0.15, 0.2) is 0 Å². The van der Waals surface area contributed by atoms with E-state index in [0.29, 0.717) is 0 Å². The monoisotopic (exact) mass is 281 g/mol. The molecule has 0 saturated carbocycles. The molecule has 1 unspecified atom stereocenters. The van der Waals surface area contributed by atoms with E-state index in [2.05, 4.69) is 43.3 Å². The average Bonchev–Trinajstić information content (AvgIpc) is 2.56. The molecule has 0 spiro atoms. The third-order valence-electron chi connectivity index (χ3n) is 3.89. The second-order valence-corrected chi connectivity index (χ2v) is 5.26. The molecule has 2 aromatic carbocycles. The Morgan fingerprint density at radius 1 is 1.05 bits per heavy atom. The van der Waals surface area contributed by atoms with Gasteiger partial charge < -0.3 is 10.5 Å². The van der Waals surface area contributed by atoms with E-state index in [0.717, 1.165) is 24.2 Å². The molecule has 0 aliphatic carbocycles. The number of hydrogen-bond acceptors (Lipinski definition) is 2. The summed E-state index contributed by atoms with van der Waals surface area (Å²) in [6.45, 7) is 2.13. The lowest BCUT2D eigenvalue weighted by molar-refractivity contribution is 0.410. The molecule has 0 radical (unpaired) electrons. The van der Waals surface area contributed by atoms with Crippen LogP contribution in [-0.2, 0) is 5.54 Å². The van der Waals surface area contributed by atoms with E-state index in [1.54, 1.807) is 7.11 Å². The van der Waals surface area contributed by atoms with Crippen LogP contribution in [0.4, 0.5) is 0 Å². The predicted molar refractivity (Wildman–Crippen MR) is 89.2 cm³/mol. The lowest BCUT2D eigenvalue weighted by Crippen LogP contribution is -2.35. The maximum absolute atomic E-state index is 6.58. The van der Waals surface area contributed by atoms with Gasteiger partial charge in [0.1, 0.15) is 5.75 Å². The van der Waals surface area contributed by atoms with Crippen molar-refractivity contribution in [1.82, 2.24) is 0 Å². The van der Waals surface area contributed by atoms with Crippen molar-refractivity contribution in [2.24, 2.45) is 5.73 Å². The minimum absolute atomic E-state index is 0.336. The van der Waals surface area contributed by atoms with E-state index < -0.39 is 0 Å². The van der Waals surface area contributed by atoms with Crippen molar-refractivity contribution in [1.29, 1.82) is 0 Å². The number of rotatable bonds is 6. The van der Waals surface area contributed by atoms with Gasteiger partial charge >= 0.3 is 0 Å². The molecular weight excluding hydrogens is 258 g/mol. The first-order valence-electron chi connectivity index (χ1n) is 7.33. The van der Waals surface area contributed by atoms with E-state index in [1.807, 2.05) is 30.3 Å². The molecule has 0 aromatic heterocycles. The number of ether oxygens (including phenoxy) is 1. The van der Waals surface area contributed by atoms with E-state index in [1.165, 1.54) is 5.56 Å². The standard InChI is InChI=1S/C19H23NO/c1-3-19(20,17-11-13-18(21-2)14-12-17)15-7-10-16-8-5-4-6-9-16/h4-14H,3,15,20H2,1-2H3. The third-order valence-corrected chi connectivity index (χ3v) is 3.89. The Balaban J connectivity index is 2.11. The van der Waals surface area contributed by atoms with Crippen LogP contribution in [0.3, 0.4) is 0 Å². The van der Waals surface area contributed by atoms with Crippen molar-refractivity contribution >= 4 is 6.08 Å². The highest BCUT2D eigenvalue weighted by Crippen LogP contribution is 2.28. The molecule has 0 amide bonds. The van der Waals surface area contributed by atoms with E-state index in [-0.39, 0.29) is 5.54 Å². The maximum Gasteiger partial charge on any atom is 0.118 e. The van der Waals surface area contributed by atoms with Gasteiger partial charge in [0.25, 0.3) is 0 Å². The van der Waals surface area contributed by atoms with Crippen molar-refractivity contribution in [3.63, 3.8) is 0 Å². The molecule has 0 heterocycles. The quantitative estimate of drug-likeness (QED) is 0.853. The first-order valence-corrected chi connectivity index (χ1v) is 7.33. The zero-order valence-electron chi connectivity index (χ0n) is 12.8. The summed E-state index contributed by atoms with van der Waals surface area (Å²) >= 11 is 0. The molecule has 2 N–H and O–H groups in total. The van der Waals surface area contributed by atoms with E-state index in [4.69, 9.17) is 10.5 Å². The zero-order valence-corrected chi connectivity index (χ0v) is 12.8. The largest absolute Gasteiger partial charge is 0.497 e. The molecule has 110 valence electrons. The molecule has 0 bridgehead atoms. The molecule has 1 atom stereocenters. The van der Waals surface area contributed by atoms with Crippen LogP contribution in [0.1, 0.15) is 30.9 Å². The second kappa shape index (κ2) is 7.09. The fourth-order valence-electron chi connectivity index (χ4n) is 2.36. The smallest absolute Gasteiger partial charge is 0.118 e. The van der Waals surface area contributed by atoms with Crippen LogP contribution >= 0.6 is 0 Å². The van der Waals surface area contributed by atoms with Crippen LogP contribution in [0.5, 0.6) is 5.75 Å². The highest BCUT2D eigenvalue weighted by Gasteiger charge is 2.23. The first-order chi connectivity index (χ1) is 10.2. The summed E-state index contributed by atoms with van der Waals surface area (Å²) in [6, 6.07) is 18.3. The number of benzene rings is 2. The summed E-state index contributed by atoms with van der Waals surface area (Å²) in [7, 11) is 1.67. The SMILES string of the molecule is CCC(N)(CC=Cc1ccccc1)c1ccc(OC)cc1. The number of methoxy groups -OCH3 is 1. The lowest BCUT2D eigenvalue weighted by Gasteiger charge is -2.27. The van der Waals surface area contributed by atoms with Gasteiger partial charge in [-0.3, -0.25) is 0 Å². The molecule has 0 saturated heterocycles. The van der Waals surface area contributed by atoms with Gasteiger partial charge in [-0.2, -0.15) is 0 Å². The Morgan fingerprint density at radius 3 is 2.29 bits per heavy atom. The van der Waals surface area contributed by atoms with Crippen molar-refractivity contribution in [2.75, 3.05) is 7.11 Å². The zero-order chi connectivity index (χ0) is 15.1. The molecule has 2 rings (SSSR count). The minimum atomic E-state index is -0.336. The molecule has 0 aliphatic rings. The maximum atomic E-state index is 6.58. The normalized spacial score (nSPS) is 14.0. The first kappa shape index (κ1) is 15.3. The van der Waals surface area contributed by atoms with Crippen LogP contribution in [0.2, 0.25) is 0 Å². The van der Waals surface area contributed by atoms with E-state index >= 15 is 0 Å². The molecule has 0 aliphatic heterocycles. The van der Waals surface area contributed by atoms with Gasteiger partial charge in [-0.25, -0.2) is 0 Å². The van der Waals surface area contributed by atoms with Crippen molar-refractivity contribution in [3.8, 4) is 5.75 Å². The molecule has 2 nitrogen and oxygen atoms in total. The van der Waals surface area contributed by atoms with Crippen LogP contribution in [0, 0.1) is 0 Å². The highest BCUT2D eigenvalue weighted by molar-refractivity contribution is 5.49. The van der Waals surface area contributed by atoms with Gasteiger partial charge in [-0.15, -0.1) is 0 Å². The number of hydrogen-bond donors (Lipinski definition) is 1. The van der Waals surface area contributed by atoms with Crippen molar-refractivity contribution in [3.05, 3.63) is 71.8 Å².